The number of halogens is 1. The molecular formula is C23H19ClO6. The Hall–Kier alpha value is -3.38. The first-order chi connectivity index (χ1) is 14.4. The number of carbonyl (C=O) groups excluding carboxylic acids is 3. The summed E-state index contributed by atoms with van der Waals surface area (Å²) in [5, 5.41) is 0.607. The maximum atomic E-state index is 12.3. The van der Waals surface area contributed by atoms with Crippen LogP contribution in [-0.4, -0.2) is 24.6 Å². The summed E-state index contributed by atoms with van der Waals surface area (Å²) >= 11 is 6.14. The van der Waals surface area contributed by atoms with Crippen LogP contribution in [-0.2, 0) is 25.7 Å². The minimum Gasteiger partial charge on any atom is -0.493 e. The van der Waals surface area contributed by atoms with Gasteiger partial charge in [0.1, 0.15) is 12.4 Å². The zero-order valence-electron chi connectivity index (χ0n) is 16.4. The highest BCUT2D eigenvalue weighted by atomic mass is 35.5. The quantitative estimate of drug-likeness (QED) is 0.376. The van der Waals surface area contributed by atoms with Crippen LogP contribution in [0.1, 0.15) is 18.1 Å². The monoisotopic (exact) mass is 426 g/mol. The van der Waals surface area contributed by atoms with Crippen molar-refractivity contribution in [2.75, 3.05) is 7.11 Å². The van der Waals surface area contributed by atoms with Crippen molar-refractivity contribution in [3.8, 4) is 11.5 Å². The number of allylic oxidation sites excluding steroid dienone is 3. The molecule has 0 saturated carbocycles. The Morgan fingerprint density at radius 3 is 2.63 bits per heavy atom. The number of cyclic esters (lactones) is 1. The number of hydrogen-bond acceptors (Lipinski definition) is 6. The molecule has 0 amide bonds. The number of rotatable bonds is 7. The normalized spacial score (nSPS) is 16.2. The van der Waals surface area contributed by atoms with E-state index in [0.717, 1.165) is 11.6 Å². The van der Waals surface area contributed by atoms with Crippen LogP contribution in [0.25, 0.3) is 6.08 Å². The Balaban J connectivity index is 1.71. The van der Waals surface area contributed by atoms with Crippen molar-refractivity contribution in [1.82, 2.24) is 0 Å². The number of carbonyl (C=O) groups is 3. The molecule has 0 radical (unpaired) electrons. The van der Waals surface area contributed by atoms with Crippen LogP contribution < -0.4 is 9.47 Å². The van der Waals surface area contributed by atoms with E-state index < -0.39 is 23.5 Å². The predicted octanol–water partition coefficient (Wildman–Crippen LogP) is 4.16. The number of ketones is 2. The van der Waals surface area contributed by atoms with Crippen LogP contribution in [0.15, 0.2) is 60.4 Å². The lowest BCUT2D eigenvalue weighted by Crippen LogP contribution is -2.34. The highest BCUT2D eigenvalue weighted by Gasteiger charge is 2.36. The summed E-state index contributed by atoms with van der Waals surface area (Å²) in [5.74, 6) is -2.42. The topological polar surface area (TPSA) is 78.9 Å². The van der Waals surface area contributed by atoms with Gasteiger partial charge < -0.3 is 14.2 Å². The molecule has 1 heterocycles. The fraction of sp³-hybridized carbons (Fsp3) is 0.174. The molecule has 1 aliphatic heterocycles. The molecule has 30 heavy (non-hydrogen) atoms. The highest BCUT2D eigenvalue weighted by Crippen LogP contribution is 2.30. The standard InChI is InChI=1S/C23H19ClO6/c1-14-11-19(26)22(23(27)30-14)18(25)9-7-15-8-10-20(21(12-15)28-2)29-13-16-5-3-4-6-17(16)24/h3-12,22H,13H2,1-2H3. The van der Waals surface area contributed by atoms with Crippen LogP contribution in [0, 0.1) is 5.92 Å². The first-order valence-electron chi connectivity index (χ1n) is 9.09. The average molecular weight is 427 g/mol. The van der Waals surface area contributed by atoms with Crippen molar-refractivity contribution in [2.45, 2.75) is 13.5 Å². The lowest BCUT2D eigenvalue weighted by molar-refractivity contribution is -0.151. The molecule has 2 aromatic rings. The molecule has 1 unspecified atom stereocenters. The van der Waals surface area contributed by atoms with E-state index in [-0.39, 0.29) is 12.4 Å². The molecule has 3 rings (SSSR count). The van der Waals surface area contributed by atoms with Crippen molar-refractivity contribution >= 4 is 35.2 Å². The van der Waals surface area contributed by atoms with E-state index >= 15 is 0 Å². The molecule has 0 fully saturated rings. The van der Waals surface area contributed by atoms with Gasteiger partial charge in [-0.3, -0.25) is 14.4 Å². The van der Waals surface area contributed by atoms with Crippen molar-refractivity contribution in [3.63, 3.8) is 0 Å². The average Bonchev–Trinajstić information content (AvgIpc) is 2.71. The molecule has 1 aliphatic rings. The van der Waals surface area contributed by atoms with E-state index in [9.17, 15) is 14.4 Å². The van der Waals surface area contributed by atoms with Gasteiger partial charge in [0.15, 0.2) is 29.0 Å². The van der Waals surface area contributed by atoms with E-state index in [4.69, 9.17) is 25.8 Å². The van der Waals surface area contributed by atoms with Crippen LogP contribution in [0.2, 0.25) is 5.02 Å². The van der Waals surface area contributed by atoms with Crippen LogP contribution in [0.5, 0.6) is 11.5 Å². The maximum Gasteiger partial charge on any atom is 0.329 e. The third-order valence-electron chi connectivity index (χ3n) is 4.38. The molecule has 0 aromatic heterocycles. The fourth-order valence-electron chi connectivity index (χ4n) is 2.86. The van der Waals surface area contributed by atoms with Crippen molar-refractivity contribution in [2.24, 2.45) is 5.92 Å². The van der Waals surface area contributed by atoms with Crippen molar-refractivity contribution in [1.29, 1.82) is 0 Å². The number of methoxy groups -OCH3 is 1. The number of benzene rings is 2. The van der Waals surface area contributed by atoms with Crippen LogP contribution in [0.3, 0.4) is 0 Å². The smallest absolute Gasteiger partial charge is 0.329 e. The molecule has 2 aromatic carbocycles. The Labute approximate surface area is 178 Å². The molecular weight excluding hydrogens is 408 g/mol. The van der Waals surface area contributed by atoms with Gasteiger partial charge in [-0.05, 0) is 36.8 Å². The molecule has 0 bridgehead atoms. The van der Waals surface area contributed by atoms with Gasteiger partial charge in [-0.2, -0.15) is 0 Å². The fourth-order valence-corrected chi connectivity index (χ4v) is 3.05. The summed E-state index contributed by atoms with van der Waals surface area (Å²) in [6.07, 6.45) is 3.82. The van der Waals surface area contributed by atoms with Crippen molar-refractivity contribution in [3.05, 3.63) is 76.5 Å². The van der Waals surface area contributed by atoms with E-state index in [0.29, 0.717) is 22.1 Å². The molecule has 0 aliphatic carbocycles. The summed E-state index contributed by atoms with van der Waals surface area (Å²) in [4.78, 5) is 36.1. The minimum atomic E-state index is -1.47. The molecule has 7 heteroatoms. The second-order valence-corrected chi connectivity index (χ2v) is 6.94. The van der Waals surface area contributed by atoms with Gasteiger partial charge in [-0.1, -0.05) is 41.9 Å². The molecule has 1 atom stereocenters. The Morgan fingerprint density at radius 2 is 1.93 bits per heavy atom. The Morgan fingerprint density at radius 1 is 1.17 bits per heavy atom. The van der Waals surface area contributed by atoms with Gasteiger partial charge >= 0.3 is 5.97 Å². The largest absolute Gasteiger partial charge is 0.493 e. The first kappa shape index (κ1) is 21.3. The van der Waals surface area contributed by atoms with E-state index in [1.165, 1.54) is 26.2 Å². The van der Waals surface area contributed by atoms with Crippen molar-refractivity contribution < 1.29 is 28.6 Å². The van der Waals surface area contributed by atoms with Gasteiger partial charge in [0.25, 0.3) is 0 Å². The molecule has 154 valence electrons. The Kier molecular flexibility index (Phi) is 6.69. The van der Waals surface area contributed by atoms with E-state index in [2.05, 4.69) is 0 Å². The van der Waals surface area contributed by atoms with E-state index in [1.54, 1.807) is 24.3 Å². The first-order valence-corrected chi connectivity index (χ1v) is 9.47. The summed E-state index contributed by atoms with van der Waals surface area (Å²) < 4.78 is 16.0. The summed E-state index contributed by atoms with van der Waals surface area (Å²) in [6, 6.07) is 12.5. The van der Waals surface area contributed by atoms with Crippen LogP contribution in [0.4, 0.5) is 0 Å². The summed E-state index contributed by atoms with van der Waals surface area (Å²) in [7, 11) is 1.50. The summed E-state index contributed by atoms with van der Waals surface area (Å²) in [5.41, 5.74) is 1.47. The predicted molar refractivity (Wildman–Crippen MR) is 111 cm³/mol. The van der Waals surface area contributed by atoms with E-state index in [1.807, 2.05) is 18.2 Å². The second-order valence-electron chi connectivity index (χ2n) is 6.54. The number of ether oxygens (including phenoxy) is 3. The maximum absolute atomic E-state index is 12.3. The van der Waals surface area contributed by atoms with Gasteiger partial charge in [-0.25, -0.2) is 0 Å². The lowest BCUT2D eigenvalue weighted by atomic mass is 9.96. The number of hydrogen-bond donors (Lipinski definition) is 0. The Bertz CT molecular complexity index is 1050. The van der Waals surface area contributed by atoms with Gasteiger partial charge in [0.2, 0.25) is 0 Å². The van der Waals surface area contributed by atoms with Crippen LogP contribution >= 0.6 is 11.6 Å². The third-order valence-corrected chi connectivity index (χ3v) is 4.75. The lowest BCUT2D eigenvalue weighted by Gasteiger charge is -2.15. The number of esters is 1. The molecule has 0 saturated heterocycles. The SMILES string of the molecule is COc1cc(C=CC(=O)C2C(=O)C=C(C)OC2=O)ccc1OCc1ccccc1Cl. The van der Waals surface area contributed by atoms with Gasteiger partial charge in [-0.15, -0.1) is 0 Å². The molecule has 6 nitrogen and oxygen atoms in total. The van der Waals surface area contributed by atoms with Gasteiger partial charge in [0.05, 0.1) is 7.11 Å². The minimum absolute atomic E-state index is 0.176. The molecule has 0 N–H and O–H groups in total. The molecule has 0 spiro atoms. The second kappa shape index (κ2) is 9.41. The summed E-state index contributed by atoms with van der Waals surface area (Å²) in [6.45, 7) is 1.75. The third kappa shape index (κ3) is 4.96. The van der Waals surface area contributed by atoms with Gasteiger partial charge in [0, 0.05) is 16.7 Å². The zero-order chi connectivity index (χ0) is 21.7. The highest BCUT2D eigenvalue weighted by molar-refractivity contribution is 6.31. The zero-order valence-corrected chi connectivity index (χ0v) is 17.1.